The molecule has 11 aromatic rings. The van der Waals surface area contributed by atoms with Gasteiger partial charge in [-0.05, 0) is 157 Å². The van der Waals surface area contributed by atoms with Crippen LogP contribution in [0.4, 0.5) is 0 Å². The minimum atomic E-state index is 1.09. The van der Waals surface area contributed by atoms with E-state index < -0.39 is 0 Å². The number of hydrogen-bond acceptors (Lipinski definition) is 0. The van der Waals surface area contributed by atoms with E-state index in [1.165, 1.54) is 125 Å². The number of benzene rings is 9. The van der Waals surface area contributed by atoms with E-state index in [4.69, 9.17) is 0 Å². The Balaban J connectivity index is 1.45. The fourth-order valence-electron chi connectivity index (χ4n) is 9.99. The molecule has 1 aliphatic carbocycles. The highest BCUT2D eigenvalue weighted by Gasteiger charge is 2.28. The van der Waals surface area contributed by atoms with Crippen LogP contribution in [0.25, 0.3) is 115 Å². The zero-order chi connectivity index (χ0) is 32.0. The smallest absolute Gasteiger partial charge is 0.000718 e. The lowest BCUT2D eigenvalue weighted by atomic mass is 9.83. The standard InChI is InChI=1S/C49H30/c1-27-24-31-22-23-37-47-39(25-30-16-10-19-32(27)42(30)44(31)47)49-41(28-12-4-2-5-13-28)40-26-38-34-18-9-8-17-33(34)35-20-11-21-36(45(35)38)46(40)43(48(37)49)29-14-6-3-7-15-29/h2-8,10-17,19-26H,9,18H2,1H3. The quantitative estimate of drug-likeness (QED) is 0.169. The summed E-state index contributed by atoms with van der Waals surface area (Å²) < 4.78 is 0. The Kier molecular flexibility index (Phi) is 4.85. The van der Waals surface area contributed by atoms with Crippen molar-refractivity contribution in [3.05, 3.63) is 150 Å². The van der Waals surface area contributed by atoms with E-state index in [9.17, 15) is 0 Å². The topological polar surface area (TPSA) is 0 Å². The van der Waals surface area contributed by atoms with Crippen LogP contribution in [-0.4, -0.2) is 0 Å². The molecule has 0 saturated heterocycles. The van der Waals surface area contributed by atoms with Crippen LogP contribution in [0, 0.1) is 6.92 Å². The summed E-state index contributed by atoms with van der Waals surface area (Å²) in [7, 11) is 0. The molecule has 226 valence electrons. The maximum absolute atomic E-state index is 2.58. The summed E-state index contributed by atoms with van der Waals surface area (Å²) in [6, 6.07) is 48.6. The van der Waals surface area contributed by atoms with Crippen LogP contribution in [0.15, 0.2) is 133 Å². The predicted octanol–water partition coefficient (Wildman–Crippen LogP) is 13.8. The lowest BCUT2D eigenvalue weighted by Crippen LogP contribution is -1.92. The van der Waals surface area contributed by atoms with Gasteiger partial charge in [0.05, 0.1) is 0 Å². The van der Waals surface area contributed by atoms with Crippen molar-refractivity contribution in [2.24, 2.45) is 0 Å². The fourth-order valence-corrected chi connectivity index (χ4v) is 9.99. The Labute approximate surface area is 283 Å². The lowest BCUT2D eigenvalue weighted by molar-refractivity contribution is 1.00. The van der Waals surface area contributed by atoms with Gasteiger partial charge in [-0.25, -0.2) is 0 Å². The van der Waals surface area contributed by atoms with E-state index in [1.807, 2.05) is 0 Å². The van der Waals surface area contributed by atoms with Crippen molar-refractivity contribution < 1.29 is 0 Å². The molecule has 0 fully saturated rings. The molecule has 0 heterocycles. The maximum Gasteiger partial charge on any atom is -0.000718 e. The van der Waals surface area contributed by atoms with Crippen LogP contribution >= 0.6 is 0 Å². The monoisotopic (exact) mass is 618 g/mol. The van der Waals surface area contributed by atoms with E-state index in [-0.39, 0.29) is 0 Å². The highest BCUT2D eigenvalue weighted by atomic mass is 14.3. The van der Waals surface area contributed by atoms with Gasteiger partial charge in [0, 0.05) is 0 Å². The molecule has 0 nitrogen and oxygen atoms in total. The van der Waals surface area contributed by atoms with Crippen LogP contribution in [0.1, 0.15) is 23.1 Å². The molecule has 1 aliphatic rings. The van der Waals surface area contributed by atoms with E-state index >= 15 is 0 Å². The first kappa shape index (κ1) is 26.0. The summed E-state index contributed by atoms with van der Waals surface area (Å²) >= 11 is 0. The molecule has 11 aromatic carbocycles. The molecule has 0 heteroatoms. The summed E-state index contributed by atoms with van der Waals surface area (Å²) in [5, 5.41) is 22.0. The second-order valence-electron chi connectivity index (χ2n) is 14.2. The summed E-state index contributed by atoms with van der Waals surface area (Å²) in [6.45, 7) is 2.26. The Morgan fingerprint density at radius 3 is 1.94 bits per heavy atom. The number of fused-ring (bicyclic) bond motifs is 8. The molecule has 49 heavy (non-hydrogen) atoms. The highest BCUT2D eigenvalue weighted by molar-refractivity contribution is 6.47. The van der Waals surface area contributed by atoms with Crippen molar-refractivity contribution >= 4 is 92.3 Å². The largest absolute Gasteiger partial charge is 0.0836 e. The predicted molar refractivity (Wildman–Crippen MR) is 213 cm³/mol. The van der Waals surface area contributed by atoms with Crippen LogP contribution in [0.5, 0.6) is 0 Å². The number of allylic oxidation sites excluding steroid dienone is 1. The van der Waals surface area contributed by atoms with E-state index in [0.29, 0.717) is 0 Å². The van der Waals surface area contributed by atoms with Crippen molar-refractivity contribution in [1.82, 2.24) is 0 Å². The molecule has 0 N–H and O–H groups in total. The van der Waals surface area contributed by atoms with Gasteiger partial charge < -0.3 is 0 Å². The van der Waals surface area contributed by atoms with Gasteiger partial charge >= 0.3 is 0 Å². The van der Waals surface area contributed by atoms with Gasteiger partial charge in [-0.1, -0.05) is 127 Å². The first-order valence-corrected chi connectivity index (χ1v) is 17.6. The van der Waals surface area contributed by atoms with Crippen LogP contribution in [0.3, 0.4) is 0 Å². The van der Waals surface area contributed by atoms with Crippen molar-refractivity contribution in [2.75, 3.05) is 0 Å². The number of rotatable bonds is 2. The third-order valence-electron chi connectivity index (χ3n) is 11.8. The first-order valence-electron chi connectivity index (χ1n) is 17.6. The molecule has 0 aliphatic heterocycles. The average molecular weight is 619 g/mol. The van der Waals surface area contributed by atoms with Gasteiger partial charge in [-0.3, -0.25) is 0 Å². The van der Waals surface area contributed by atoms with Crippen molar-refractivity contribution in [3.8, 4) is 22.3 Å². The molecule has 0 aromatic heterocycles. The SMILES string of the molecule is Cc1cc2ccc3c4c(-c5ccccc5)c5c(cc6c7c(c8cccc5c86)C=CCC7)c(-c5ccccc5)c4c4cc5cccc1c5c2c43. The second kappa shape index (κ2) is 9.13. The van der Waals surface area contributed by atoms with E-state index in [0.717, 1.165) is 12.8 Å². The summed E-state index contributed by atoms with van der Waals surface area (Å²) in [6.07, 6.45) is 6.92. The van der Waals surface area contributed by atoms with E-state index in [1.54, 1.807) is 0 Å². The van der Waals surface area contributed by atoms with Crippen LogP contribution in [0.2, 0.25) is 0 Å². The second-order valence-corrected chi connectivity index (χ2v) is 14.2. The summed E-state index contributed by atoms with van der Waals surface area (Å²) in [5.74, 6) is 0. The zero-order valence-corrected chi connectivity index (χ0v) is 27.2. The minimum Gasteiger partial charge on any atom is -0.0836 e. The van der Waals surface area contributed by atoms with Gasteiger partial charge in [0.1, 0.15) is 0 Å². The first-order chi connectivity index (χ1) is 24.3. The maximum atomic E-state index is 2.58. The molecular weight excluding hydrogens is 589 g/mol. The molecular formula is C49H30. The van der Waals surface area contributed by atoms with Gasteiger partial charge in [0.2, 0.25) is 0 Å². The third kappa shape index (κ3) is 3.16. The molecule has 0 saturated carbocycles. The fraction of sp³-hybridized carbons (Fsp3) is 0.0612. The number of aryl methyl sites for hydroxylation is 2. The molecule has 0 unspecified atom stereocenters. The third-order valence-corrected chi connectivity index (χ3v) is 11.8. The van der Waals surface area contributed by atoms with Gasteiger partial charge in [0.15, 0.2) is 0 Å². The van der Waals surface area contributed by atoms with Crippen LogP contribution < -0.4 is 0 Å². The van der Waals surface area contributed by atoms with Crippen molar-refractivity contribution in [1.29, 1.82) is 0 Å². The Morgan fingerprint density at radius 2 is 1.10 bits per heavy atom. The Hall–Kier alpha value is -5.98. The van der Waals surface area contributed by atoms with Gasteiger partial charge in [-0.2, -0.15) is 0 Å². The zero-order valence-electron chi connectivity index (χ0n) is 27.2. The molecule has 0 radical (unpaired) electrons. The molecule has 0 amide bonds. The molecule has 0 bridgehead atoms. The minimum absolute atomic E-state index is 1.09. The summed E-state index contributed by atoms with van der Waals surface area (Å²) in [5.41, 5.74) is 9.53. The number of hydrogen-bond donors (Lipinski definition) is 0. The lowest BCUT2D eigenvalue weighted by Gasteiger charge is -2.19. The van der Waals surface area contributed by atoms with E-state index in [2.05, 4.69) is 146 Å². The normalized spacial score (nSPS) is 13.6. The Morgan fingerprint density at radius 1 is 0.408 bits per heavy atom. The van der Waals surface area contributed by atoms with Crippen molar-refractivity contribution in [3.63, 3.8) is 0 Å². The van der Waals surface area contributed by atoms with Gasteiger partial charge in [-0.15, -0.1) is 0 Å². The van der Waals surface area contributed by atoms with Gasteiger partial charge in [0.25, 0.3) is 0 Å². The summed E-state index contributed by atoms with van der Waals surface area (Å²) in [4.78, 5) is 0. The average Bonchev–Trinajstić information content (AvgIpc) is 3.65. The Bertz CT molecular complexity index is 3180. The molecule has 0 atom stereocenters. The van der Waals surface area contributed by atoms with Crippen molar-refractivity contribution in [2.45, 2.75) is 19.8 Å². The molecule has 0 spiro atoms. The highest BCUT2D eigenvalue weighted by Crippen LogP contribution is 2.56. The van der Waals surface area contributed by atoms with Crippen LogP contribution in [-0.2, 0) is 6.42 Å². The molecule has 12 rings (SSSR count).